The van der Waals surface area contributed by atoms with E-state index in [2.05, 4.69) is 34.2 Å². The van der Waals surface area contributed by atoms with Crippen molar-refractivity contribution in [2.24, 2.45) is 4.99 Å². The standard InChI is InChI=1S/C30H29BrN2O2S/c1-19-8-7-10-25(20(19)2)33-29(34)28-24-9-5-3-4-6-11-27(24)36-30(28)32-18-23-16-17-26(35-23)21-12-14-22(31)15-13-21/h7-8,10,12-18H,3-6,9,11H2,1-2H3,(H,33,34). The Hall–Kier alpha value is -2.96. The highest BCUT2D eigenvalue weighted by molar-refractivity contribution is 9.10. The Morgan fingerprint density at radius 1 is 1.00 bits per heavy atom. The molecule has 0 spiro atoms. The summed E-state index contributed by atoms with van der Waals surface area (Å²) in [7, 11) is 0. The van der Waals surface area contributed by atoms with Crippen molar-refractivity contribution in [2.75, 3.05) is 5.32 Å². The Morgan fingerprint density at radius 2 is 1.78 bits per heavy atom. The van der Waals surface area contributed by atoms with Crippen LogP contribution in [-0.2, 0) is 12.8 Å². The fourth-order valence-electron chi connectivity index (χ4n) is 4.62. The van der Waals surface area contributed by atoms with E-state index in [0.29, 0.717) is 11.3 Å². The van der Waals surface area contributed by atoms with Gasteiger partial charge in [-0.15, -0.1) is 11.3 Å². The molecule has 0 unspecified atom stereocenters. The quantitative estimate of drug-likeness (QED) is 0.247. The van der Waals surface area contributed by atoms with Gasteiger partial charge in [0.25, 0.3) is 5.91 Å². The van der Waals surface area contributed by atoms with E-state index in [1.807, 2.05) is 55.5 Å². The van der Waals surface area contributed by atoms with Crippen molar-refractivity contribution >= 4 is 50.1 Å². The zero-order valence-electron chi connectivity index (χ0n) is 20.6. The van der Waals surface area contributed by atoms with Crippen LogP contribution < -0.4 is 5.32 Å². The Bertz CT molecular complexity index is 1420. The van der Waals surface area contributed by atoms with Gasteiger partial charge in [-0.05, 0) is 86.6 Å². The van der Waals surface area contributed by atoms with Crippen LogP contribution in [0.3, 0.4) is 0 Å². The molecule has 1 aliphatic carbocycles. The molecule has 0 fully saturated rings. The summed E-state index contributed by atoms with van der Waals surface area (Å²) >= 11 is 5.12. The maximum atomic E-state index is 13.7. The van der Waals surface area contributed by atoms with Crippen LogP contribution >= 0.6 is 27.3 Å². The first-order chi connectivity index (χ1) is 17.5. The Morgan fingerprint density at radius 3 is 2.58 bits per heavy atom. The van der Waals surface area contributed by atoms with Gasteiger partial charge in [-0.3, -0.25) is 4.79 Å². The minimum atomic E-state index is -0.0797. The largest absolute Gasteiger partial charge is 0.455 e. The molecule has 0 bridgehead atoms. The first-order valence-electron chi connectivity index (χ1n) is 12.4. The minimum absolute atomic E-state index is 0.0797. The maximum Gasteiger partial charge on any atom is 0.259 e. The molecule has 4 nitrogen and oxygen atoms in total. The highest BCUT2D eigenvalue weighted by Gasteiger charge is 2.24. The number of nitrogens with one attached hydrogen (secondary N) is 1. The van der Waals surface area contributed by atoms with E-state index >= 15 is 0 Å². The summed E-state index contributed by atoms with van der Waals surface area (Å²) in [6.45, 7) is 4.11. The molecule has 184 valence electrons. The second-order valence-electron chi connectivity index (χ2n) is 9.27. The van der Waals surface area contributed by atoms with E-state index in [-0.39, 0.29) is 5.91 Å². The van der Waals surface area contributed by atoms with Gasteiger partial charge in [0, 0.05) is 20.6 Å². The van der Waals surface area contributed by atoms with Crippen LogP contribution in [0.25, 0.3) is 11.3 Å². The Kier molecular flexibility index (Phi) is 7.54. The summed E-state index contributed by atoms with van der Waals surface area (Å²) in [5.74, 6) is 1.37. The van der Waals surface area contributed by atoms with Gasteiger partial charge in [-0.2, -0.15) is 0 Å². The van der Waals surface area contributed by atoms with Crippen LogP contribution in [0.4, 0.5) is 10.7 Å². The van der Waals surface area contributed by atoms with Crippen molar-refractivity contribution in [2.45, 2.75) is 52.4 Å². The number of benzene rings is 2. The number of aliphatic imine (C=N–C) groups is 1. The predicted octanol–water partition coefficient (Wildman–Crippen LogP) is 9.05. The molecular formula is C30H29BrN2O2S. The number of hydrogen-bond acceptors (Lipinski definition) is 4. The number of amides is 1. The molecule has 0 saturated heterocycles. The molecule has 36 heavy (non-hydrogen) atoms. The van der Waals surface area contributed by atoms with Gasteiger partial charge in [0.05, 0.1) is 11.8 Å². The van der Waals surface area contributed by atoms with Gasteiger partial charge < -0.3 is 9.73 Å². The minimum Gasteiger partial charge on any atom is -0.455 e. The van der Waals surface area contributed by atoms with Crippen LogP contribution in [0.1, 0.15) is 63.4 Å². The lowest BCUT2D eigenvalue weighted by Gasteiger charge is -2.13. The molecule has 0 radical (unpaired) electrons. The second-order valence-corrected chi connectivity index (χ2v) is 11.3. The zero-order chi connectivity index (χ0) is 25.1. The molecule has 6 heteroatoms. The van der Waals surface area contributed by atoms with Crippen molar-refractivity contribution in [1.82, 2.24) is 0 Å². The smallest absolute Gasteiger partial charge is 0.259 e. The summed E-state index contributed by atoms with van der Waals surface area (Å²) < 4.78 is 7.07. The normalized spacial score (nSPS) is 13.9. The van der Waals surface area contributed by atoms with Gasteiger partial charge in [0.15, 0.2) is 0 Å². The molecule has 1 N–H and O–H groups in total. The molecule has 5 rings (SSSR count). The number of aryl methyl sites for hydroxylation is 2. The second kappa shape index (κ2) is 11.0. The third-order valence-electron chi connectivity index (χ3n) is 6.80. The topological polar surface area (TPSA) is 54.6 Å². The molecule has 0 atom stereocenters. The van der Waals surface area contributed by atoms with Crippen molar-refractivity contribution in [1.29, 1.82) is 0 Å². The summed E-state index contributed by atoms with van der Waals surface area (Å²) in [4.78, 5) is 19.7. The number of nitrogens with zero attached hydrogens (tertiary/aromatic N) is 1. The number of thiophene rings is 1. The van der Waals surface area contributed by atoms with E-state index in [9.17, 15) is 4.79 Å². The number of hydrogen-bond donors (Lipinski definition) is 1. The molecule has 2 aromatic carbocycles. The summed E-state index contributed by atoms with van der Waals surface area (Å²) in [5.41, 5.74) is 5.99. The summed E-state index contributed by atoms with van der Waals surface area (Å²) in [6, 6.07) is 17.9. The Labute approximate surface area is 224 Å². The lowest BCUT2D eigenvalue weighted by atomic mass is 9.96. The van der Waals surface area contributed by atoms with Crippen molar-refractivity contribution < 1.29 is 9.21 Å². The average molecular weight is 562 g/mol. The summed E-state index contributed by atoms with van der Waals surface area (Å²) in [6.07, 6.45) is 8.37. The highest BCUT2D eigenvalue weighted by atomic mass is 79.9. The number of carbonyl (C=O) groups excluding carboxylic acids is 1. The van der Waals surface area contributed by atoms with E-state index in [4.69, 9.17) is 9.41 Å². The number of halogens is 1. The van der Waals surface area contributed by atoms with Crippen LogP contribution in [0.15, 0.2) is 68.5 Å². The fourth-order valence-corrected chi connectivity index (χ4v) is 6.11. The van der Waals surface area contributed by atoms with E-state index in [1.165, 1.54) is 23.3 Å². The number of furan rings is 1. The molecule has 2 heterocycles. The molecule has 1 aliphatic rings. The van der Waals surface area contributed by atoms with Crippen molar-refractivity contribution in [3.8, 4) is 11.3 Å². The van der Waals surface area contributed by atoms with Crippen LogP contribution in [0, 0.1) is 13.8 Å². The first kappa shape index (κ1) is 24.7. The predicted molar refractivity (Wildman–Crippen MR) is 153 cm³/mol. The number of rotatable bonds is 5. The van der Waals surface area contributed by atoms with Crippen molar-refractivity contribution in [3.63, 3.8) is 0 Å². The van der Waals surface area contributed by atoms with E-state index < -0.39 is 0 Å². The average Bonchev–Trinajstić information content (AvgIpc) is 3.46. The van der Waals surface area contributed by atoms with E-state index in [1.54, 1.807) is 17.6 Å². The number of anilines is 1. The molecule has 1 amide bonds. The fraction of sp³-hybridized carbons (Fsp3) is 0.267. The third-order valence-corrected chi connectivity index (χ3v) is 8.53. The molecule has 4 aromatic rings. The number of carbonyl (C=O) groups is 1. The molecule has 0 aliphatic heterocycles. The van der Waals surface area contributed by atoms with Gasteiger partial charge in [0.2, 0.25) is 0 Å². The van der Waals surface area contributed by atoms with Gasteiger partial charge in [0.1, 0.15) is 16.5 Å². The molecule has 2 aromatic heterocycles. The highest BCUT2D eigenvalue weighted by Crippen LogP contribution is 2.39. The maximum absolute atomic E-state index is 13.7. The Balaban J connectivity index is 1.47. The lowest BCUT2D eigenvalue weighted by molar-refractivity contribution is 0.102. The number of fused-ring (bicyclic) bond motifs is 1. The molecular weight excluding hydrogens is 532 g/mol. The van der Waals surface area contributed by atoms with E-state index in [0.717, 1.165) is 63.3 Å². The SMILES string of the molecule is Cc1cccc(NC(=O)c2c(N=Cc3ccc(-c4ccc(Br)cc4)o3)sc3c2CCCCCC3)c1C. The lowest BCUT2D eigenvalue weighted by Crippen LogP contribution is -2.15. The third kappa shape index (κ3) is 5.40. The summed E-state index contributed by atoms with van der Waals surface area (Å²) in [5, 5.41) is 3.93. The molecule has 0 saturated carbocycles. The van der Waals surface area contributed by atoms with Crippen LogP contribution in [-0.4, -0.2) is 12.1 Å². The van der Waals surface area contributed by atoms with Gasteiger partial charge in [-0.25, -0.2) is 4.99 Å². The van der Waals surface area contributed by atoms with Gasteiger partial charge in [-0.1, -0.05) is 53.0 Å². The van der Waals surface area contributed by atoms with Crippen molar-refractivity contribution in [3.05, 3.63) is 92.0 Å². The van der Waals surface area contributed by atoms with Crippen LogP contribution in [0.5, 0.6) is 0 Å². The van der Waals surface area contributed by atoms with Crippen LogP contribution in [0.2, 0.25) is 0 Å². The zero-order valence-corrected chi connectivity index (χ0v) is 23.0. The monoisotopic (exact) mass is 560 g/mol. The van der Waals surface area contributed by atoms with Gasteiger partial charge >= 0.3 is 0 Å². The first-order valence-corrected chi connectivity index (χ1v) is 14.0.